The van der Waals surface area contributed by atoms with Crippen LogP contribution >= 0.6 is 0 Å². The molecule has 11 heavy (non-hydrogen) atoms. The normalized spacial score (nSPS) is 10.0. The molecule has 0 radical (unpaired) electrons. The maximum Gasteiger partial charge on any atom is 0.311 e. The molecule has 0 aromatic carbocycles. The van der Waals surface area contributed by atoms with Crippen LogP contribution in [0.2, 0.25) is 0 Å². The summed E-state index contributed by atoms with van der Waals surface area (Å²) in [5, 5.41) is 3.49. The highest BCUT2D eigenvalue weighted by molar-refractivity contribution is 5.85. The van der Waals surface area contributed by atoms with E-state index >= 15 is 0 Å². The zero-order valence-electron chi connectivity index (χ0n) is 6.87. The highest BCUT2D eigenvalue weighted by Gasteiger charge is 1.96. The first-order valence-electron chi connectivity index (χ1n) is 3.60. The first kappa shape index (κ1) is 9.94. The Hall–Kier alpha value is -1.06. The summed E-state index contributed by atoms with van der Waals surface area (Å²) in [7, 11) is 0. The fourth-order valence-corrected chi connectivity index (χ4v) is 0.459. The van der Waals surface area contributed by atoms with Crippen LogP contribution in [0.3, 0.4) is 0 Å². The predicted molar refractivity (Wildman–Crippen MR) is 41.4 cm³/mol. The van der Waals surface area contributed by atoms with Gasteiger partial charge in [0.25, 0.3) is 0 Å². The molecule has 0 fully saturated rings. The second-order valence-electron chi connectivity index (χ2n) is 1.71. The number of ether oxygens (including phenoxy) is 1. The monoisotopic (exact) mass is 159 g/mol. The number of carbonyl (C=O) groups is 1. The van der Waals surface area contributed by atoms with Crippen LogP contribution in [-0.4, -0.2) is 25.4 Å². The lowest BCUT2D eigenvalue weighted by Crippen LogP contribution is -2.03. The maximum absolute atomic E-state index is 10.6. The lowest BCUT2D eigenvalue weighted by molar-refractivity contribution is -0.141. The molecule has 0 aliphatic carbocycles. The fourth-order valence-electron chi connectivity index (χ4n) is 0.459. The lowest BCUT2D eigenvalue weighted by Gasteiger charge is -1.95. The Kier molecular flexibility index (Phi) is 6.37. The van der Waals surface area contributed by atoms with Crippen LogP contribution < -0.4 is 0 Å². The Balaban J connectivity index is 3.29. The zero-order chi connectivity index (χ0) is 8.53. The third kappa shape index (κ3) is 6.83. The van der Waals surface area contributed by atoms with Gasteiger partial charge in [-0.15, -0.1) is 0 Å². The summed E-state index contributed by atoms with van der Waals surface area (Å²) in [5.41, 5.74) is 0. The van der Waals surface area contributed by atoms with Gasteiger partial charge in [0.15, 0.2) is 0 Å². The van der Waals surface area contributed by atoms with Crippen LogP contribution in [0.25, 0.3) is 0 Å². The molecule has 0 N–H and O–H groups in total. The topological polar surface area (TPSA) is 47.9 Å². The molecule has 0 aromatic heterocycles. The molecule has 0 saturated carbocycles. The van der Waals surface area contributed by atoms with Crippen molar-refractivity contribution >= 4 is 12.2 Å². The number of carbonyl (C=O) groups excluding carboxylic acids is 1. The van der Waals surface area contributed by atoms with Gasteiger partial charge in [0.05, 0.1) is 19.2 Å². The van der Waals surface area contributed by atoms with E-state index in [9.17, 15) is 4.79 Å². The van der Waals surface area contributed by atoms with Gasteiger partial charge in [-0.25, -0.2) is 0 Å². The van der Waals surface area contributed by atoms with Gasteiger partial charge in [-0.1, -0.05) is 5.16 Å². The van der Waals surface area contributed by atoms with Gasteiger partial charge in [0.1, 0.15) is 6.61 Å². The van der Waals surface area contributed by atoms with Gasteiger partial charge in [0.2, 0.25) is 0 Å². The molecule has 0 saturated heterocycles. The second kappa shape index (κ2) is 7.05. The van der Waals surface area contributed by atoms with E-state index in [1.54, 1.807) is 6.92 Å². The summed E-state index contributed by atoms with van der Waals surface area (Å²) < 4.78 is 4.64. The number of esters is 1. The van der Waals surface area contributed by atoms with Crippen molar-refractivity contribution < 1.29 is 14.4 Å². The molecular weight excluding hydrogens is 146 g/mol. The van der Waals surface area contributed by atoms with E-state index in [-0.39, 0.29) is 12.4 Å². The standard InChI is InChI=1S/C7H13NO3/c1-3-10-7(9)5-6-8-11-4-2/h6H,3-5H2,1-2H3. The predicted octanol–water partition coefficient (Wildman–Crippen LogP) is 0.962. The first-order chi connectivity index (χ1) is 5.31. The van der Waals surface area contributed by atoms with Crippen molar-refractivity contribution in [3.8, 4) is 0 Å². The zero-order valence-corrected chi connectivity index (χ0v) is 6.87. The van der Waals surface area contributed by atoms with Gasteiger partial charge in [-0.3, -0.25) is 4.79 Å². The van der Waals surface area contributed by atoms with Crippen molar-refractivity contribution in [3.05, 3.63) is 0 Å². The largest absolute Gasteiger partial charge is 0.466 e. The van der Waals surface area contributed by atoms with Crippen LogP contribution in [0.15, 0.2) is 5.16 Å². The van der Waals surface area contributed by atoms with Crippen molar-refractivity contribution in [2.45, 2.75) is 20.3 Å². The Bertz CT molecular complexity index is 134. The quantitative estimate of drug-likeness (QED) is 0.341. The minimum Gasteiger partial charge on any atom is -0.466 e. The van der Waals surface area contributed by atoms with Gasteiger partial charge < -0.3 is 9.57 Å². The van der Waals surface area contributed by atoms with Crippen molar-refractivity contribution in [3.63, 3.8) is 0 Å². The molecule has 4 nitrogen and oxygen atoms in total. The molecule has 0 spiro atoms. The Morgan fingerprint density at radius 3 is 2.73 bits per heavy atom. The van der Waals surface area contributed by atoms with Crippen LogP contribution in [0.1, 0.15) is 20.3 Å². The van der Waals surface area contributed by atoms with E-state index < -0.39 is 0 Å². The highest BCUT2D eigenvalue weighted by atomic mass is 16.6. The summed E-state index contributed by atoms with van der Waals surface area (Å²) in [4.78, 5) is 15.3. The number of hydrogen-bond acceptors (Lipinski definition) is 4. The van der Waals surface area contributed by atoms with Gasteiger partial charge in [0, 0.05) is 0 Å². The SMILES string of the molecule is CCON=CCC(=O)OCC. The van der Waals surface area contributed by atoms with E-state index in [2.05, 4.69) is 14.7 Å². The summed E-state index contributed by atoms with van der Waals surface area (Å²) >= 11 is 0. The Morgan fingerprint density at radius 1 is 1.45 bits per heavy atom. The summed E-state index contributed by atoms with van der Waals surface area (Å²) in [6, 6.07) is 0. The van der Waals surface area contributed by atoms with Gasteiger partial charge in [-0.05, 0) is 13.8 Å². The lowest BCUT2D eigenvalue weighted by atomic mass is 10.5. The van der Waals surface area contributed by atoms with E-state index in [0.29, 0.717) is 13.2 Å². The summed E-state index contributed by atoms with van der Waals surface area (Å²) in [5.74, 6) is -0.282. The molecule has 4 heteroatoms. The van der Waals surface area contributed by atoms with E-state index in [4.69, 9.17) is 0 Å². The number of hydrogen-bond donors (Lipinski definition) is 0. The molecular formula is C7H13NO3. The number of nitrogens with zero attached hydrogens (tertiary/aromatic N) is 1. The van der Waals surface area contributed by atoms with Crippen LogP contribution in [-0.2, 0) is 14.4 Å². The summed E-state index contributed by atoms with van der Waals surface area (Å²) in [6.07, 6.45) is 1.56. The molecule has 0 amide bonds. The molecule has 0 aliphatic rings. The second-order valence-corrected chi connectivity index (χ2v) is 1.71. The van der Waals surface area contributed by atoms with Crippen molar-refractivity contribution in [2.75, 3.05) is 13.2 Å². The highest BCUT2D eigenvalue weighted by Crippen LogP contribution is 1.83. The van der Waals surface area contributed by atoms with E-state index in [1.165, 1.54) is 6.21 Å². The minimum atomic E-state index is -0.282. The van der Waals surface area contributed by atoms with Crippen LogP contribution in [0, 0.1) is 0 Å². The maximum atomic E-state index is 10.6. The molecule has 0 aliphatic heterocycles. The first-order valence-corrected chi connectivity index (χ1v) is 3.60. The number of rotatable bonds is 5. The molecule has 0 rings (SSSR count). The van der Waals surface area contributed by atoms with Crippen LogP contribution in [0.4, 0.5) is 0 Å². The third-order valence-electron chi connectivity index (χ3n) is 0.841. The molecule has 0 heterocycles. The van der Waals surface area contributed by atoms with Crippen molar-refractivity contribution in [2.24, 2.45) is 5.16 Å². The molecule has 0 bridgehead atoms. The average Bonchev–Trinajstić information content (AvgIpc) is 1.99. The smallest absolute Gasteiger partial charge is 0.311 e. The minimum absolute atomic E-state index is 0.174. The fraction of sp³-hybridized carbons (Fsp3) is 0.714. The average molecular weight is 159 g/mol. The Labute approximate surface area is 66.2 Å². The van der Waals surface area contributed by atoms with E-state index in [0.717, 1.165) is 0 Å². The molecule has 64 valence electrons. The van der Waals surface area contributed by atoms with Gasteiger partial charge in [-0.2, -0.15) is 0 Å². The molecule has 0 unspecified atom stereocenters. The third-order valence-corrected chi connectivity index (χ3v) is 0.841. The van der Waals surface area contributed by atoms with Crippen molar-refractivity contribution in [1.29, 1.82) is 0 Å². The van der Waals surface area contributed by atoms with Crippen molar-refractivity contribution in [1.82, 2.24) is 0 Å². The van der Waals surface area contributed by atoms with E-state index in [1.807, 2.05) is 6.92 Å². The molecule has 0 atom stereocenters. The van der Waals surface area contributed by atoms with Crippen LogP contribution in [0.5, 0.6) is 0 Å². The molecule has 0 aromatic rings. The summed E-state index contributed by atoms with van der Waals surface area (Å²) in [6.45, 7) is 4.50. The van der Waals surface area contributed by atoms with Gasteiger partial charge >= 0.3 is 5.97 Å². The number of oxime groups is 1. The Morgan fingerprint density at radius 2 is 2.18 bits per heavy atom.